The number of morpholine rings is 1. The molecule has 1 saturated heterocycles. The first-order valence-electron chi connectivity index (χ1n) is 6.80. The molecule has 1 unspecified atom stereocenters. The minimum Gasteiger partial charge on any atom is -0.387 e. The second-order valence-corrected chi connectivity index (χ2v) is 4.84. The number of hydrogen-bond acceptors (Lipinski definition) is 4. The van der Waals surface area contributed by atoms with E-state index in [-0.39, 0.29) is 12.1 Å². The number of aliphatic hydroxyl groups excluding tert-OH is 1. The summed E-state index contributed by atoms with van der Waals surface area (Å²) in [5.41, 5.74) is 0.116. The number of halogens is 2. The zero-order chi connectivity index (χ0) is 14.4. The first-order valence-corrected chi connectivity index (χ1v) is 6.80. The lowest BCUT2D eigenvalue weighted by molar-refractivity contribution is 0.0380. The highest BCUT2D eigenvalue weighted by molar-refractivity contribution is 5.21. The number of rotatable bonds is 6. The van der Waals surface area contributed by atoms with E-state index in [2.05, 4.69) is 10.2 Å². The van der Waals surface area contributed by atoms with Gasteiger partial charge in [0, 0.05) is 44.4 Å². The summed E-state index contributed by atoms with van der Waals surface area (Å²) in [6.07, 6.45) is -0.972. The van der Waals surface area contributed by atoms with E-state index in [0.29, 0.717) is 6.54 Å². The van der Waals surface area contributed by atoms with Crippen molar-refractivity contribution in [2.75, 3.05) is 45.9 Å². The van der Waals surface area contributed by atoms with Crippen LogP contribution < -0.4 is 5.32 Å². The van der Waals surface area contributed by atoms with Crippen molar-refractivity contribution >= 4 is 0 Å². The zero-order valence-electron chi connectivity index (χ0n) is 11.3. The third kappa shape index (κ3) is 4.49. The van der Waals surface area contributed by atoms with Gasteiger partial charge in [0.15, 0.2) is 0 Å². The number of nitrogens with one attached hydrogen (secondary N) is 1. The smallest absolute Gasteiger partial charge is 0.131 e. The number of nitrogens with zero attached hydrogens (tertiary/aromatic N) is 1. The summed E-state index contributed by atoms with van der Waals surface area (Å²) in [7, 11) is 0. The topological polar surface area (TPSA) is 44.7 Å². The molecule has 1 fully saturated rings. The van der Waals surface area contributed by atoms with E-state index in [0.717, 1.165) is 45.0 Å². The summed E-state index contributed by atoms with van der Waals surface area (Å²) in [5.74, 6) is -1.36. The maximum atomic E-state index is 13.5. The van der Waals surface area contributed by atoms with Crippen molar-refractivity contribution in [3.63, 3.8) is 0 Å². The van der Waals surface area contributed by atoms with Crippen LogP contribution in [0, 0.1) is 11.6 Å². The predicted molar refractivity (Wildman–Crippen MR) is 71.4 cm³/mol. The number of hydrogen-bond donors (Lipinski definition) is 2. The van der Waals surface area contributed by atoms with Gasteiger partial charge in [-0.1, -0.05) is 6.07 Å². The van der Waals surface area contributed by atoms with Gasteiger partial charge in [-0.05, 0) is 6.07 Å². The van der Waals surface area contributed by atoms with Gasteiger partial charge in [-0.25, -0.2) is 8.78 Å². The van der Waals surface area contributed by atoms with Gasteiger partial charge >= 0.3 is 0 Å². The predicted octanol–water partition coefficient (Wildman–Crippen LogP) is 0.920. The van der Waals surface area contributed by atoms with Crippen molar-refractivity contribution in [2.24, 2.45) is 0 Å². The van der Waals surface area contributed by atoms with Gasteiger partial charge in [0.25, 0.3) is 0 Å². The average molecular weight is 286 g/mol. The molecule has 0 amide bonds. The van der Waals surface area contributed by atoms with Gasteiger partial charge in [-0.2, -0.15) is 0 Å². The molecule has 0 radical (unpaired) electrons. The van der Waals surface area contributed by atoms with Crippen LogP contribution in [0.15, 0.2) is 18.2 Å². The minimum absolute atomic E-state index is 0.116. The fraction of sp³-hybridized carbons (Fsp3) is 0.571. The molecule has 2 rings (SSSR count). The van der Waals surface area contributed by atoms with Crippen molar-refractivity contribution in [3.8, 4) is 0 Å². The molecule has 0 aliphatic carbocycles. The first kappa shape index (κ1) is 15.3. The van der Waals surface area contributed by atoms with E-state index in [9.17, 15) is 13.9 Å². The van der Waals surface area contributed by atoms with Crippen molar-refractivity contribution in [1.82, 2.24) is 10.2 Å². The Bertz CT molecular complexity index is 426. The van der Waals surface area contributed by atoms with E-state index in [4.69, 9.17) is 4.74 Å². The molecule has 1 aromatic carbocycles. The number of aliphatic hydroxyl groups is 1. The molecular formula is C14H20F2N2O2. The highest BCUT2D eigenvalue weighted by Gasteiger charge is 2.14. The van der Waals surface area contributed by atoms with Gasteiger partial charge < -0.3 is 15.2 Å². The van der Waals surface area contributed by atoms with Crippen LogP contribution in [-0.4, -0.2) is 55.9 Å². The van der Waals surface area contributed by atoms with Crippen LogP contribution in [0.25, 0.3) is 0 Å². The lowest BCUT2D eigenvalue weighted by Gasteiger charge is -2.26. The van der Waals surface area contributed by atoms with Crippen molar-refractivity contribution < 1.29 is 18.6 Å². The highest BCUT2D eigenvalue weighted by atomic mass is 19.1. The summed E-state index contributed by atoms with van der Waals surface area (Å²) in [6, 6.07) is 3.21. The van der Waals surface area contributed by atoms with Gasteiger partial charge in [0.2, 0.25) is 0 Å². The SMILES string of the molecule is OC(CNCCN1CCOCC1)c1ccc(F)cc1F. The molecule has 1 aliphatic heterocycles. The van der Waals surface area contributed by atoms with Crippen molar-refractivity contribution in [3.05, 3.63) is 35.4 Å². The second kappa shape index (κ2) is 7.64. The van der Waals surface area contributed by atoms with E-state index < -0.39 is 17.7 Å². The summed E-state index contributed by atoms with van der Waals surface area (Å²) in [6.45, 7) is 5.15. The lowest BCUT2D eigenvalue weighted by atomic mass is 10.1. The normalized spacial score (nSPS) is 18.1. The van der Waals surface area contributed by atoms with Crippen molar-refractivity contribution in [2.45, 2.75) is 6.10 Å². The summed E-state index contributed by atoms with van der Waals surface area (Å²) in [5, 5.41) is 13.0. The average Bonchev–Trinajstić information content (AvgIpc) is 2.44. The fourth-order valence-corrected chi connectivity index (χ4v) is 2.18. The van der Waals surface area contributed by atoms with E-state index >= 15 is 0 Å². The Kier molecular flexibility index (Phi) is 5.85. The quantitative estimate of drug-likeness (QED) is 0.763. The Morgan fingerprint density at radius 1 is 1.30 bits per heavy atom. The van der Waals surface area contributed by atoms with Crippen molar-refractivity contribution in [1.29, 1.82) is 0 Å². The molecule has 0 bridgehead atoms. The fourth-order valence-electron chi connectivity index (χ4n) is 2.18. The third-order valence-corrected chi connectivity index (χ3v) is 3.37. The van der Waals surface area contributed by atoms with E-state index in [1.807, 2.05) is 0 Å². The molecule has 0 aromatic heterocycles. The molecule has 1 heterocycles. The van der Waals surface area contributed by atoms with Crippen LogP contribution >= 0.6 is 0 Å². The Morgan fingerprint density at radius 2 is 2.05 bits per heavy atom. The maximum Gasteiger partial charge on any atom is 0.131 e. The van der Waals surface area contributed by atoms with Crippen LogP contribution in [0.4, 0.5) is 8.78 Å². The zero-order valence-corrected chi connectivity index (χ0v) is 11.3. The molecule has 0 spiro atoms. The van der Waals surface area contributed by atoms with Crippen LogP contribution in [0.5, 0.6) is 0 Å². The molecule has 1 aliphatic rings. The monoisotopic (exact) mass is 286 g/mol. The molecule has 2 N–H and O–H groups in total. The van der Waals surface area contributed by atoms with Crippen LogP contribution in [-0.2, 0) is 4.74 Å². The van der Waals surface area contributed by atoms with Crippen LogP contribution in [0.1, 0.15) is 11.7 Å². The van der Waals surface area contributed by atoms with E-state index in [1.54, 1.807) is 0 Å². The standard InChI is InChI=1S/C14H20F2N2O2/c15-11-1-2-12(13(16)9-11)14(19)10-17-3-4-18-5-7-20-8-6-18/h1-2,9,14,17,19H,3-8,10H2. The Morgan fingerprint density at radius 3 is 2.75 bits per heavy atom. The Hall–Kier alpha value is -1.08. The van der Waals surface area contributed by atoms with Gasteiger partial charge in [-0.15, -0.1) is 0 Å². The highest BCUT2D eigenvalue weighted by Crippen LogP contribution is 2.17. The van der Waals surface area contributed by atoms with Crippen LogP contribution in [0.3, 0.4) is 0 Å². The largest absolute Gasteiger partial charge is 0.387 e. The minimum atomic E-state index is -0.972. The first-order chi connectivity index (χ1) is 9.66. The maximum absolute atomic E-state index is 13.5. The molecule has 1 aromatic rings. The summed E-state index contributed by atoms with van der Waals surface area (Å²) in [4.78, 5) is 2.27. The summed E-state index contributed by atoms with van der Waals surface area (Å²) >= 11 is 0. The lowest BCUT2D eigenvalue weighted by Crippen LogP contribution is -2.40. The molecular weight excluding hydrogens is 266 g/mol. The van der Waals surface area contributed by atoms with Gasteiger partial charge in [-0.3, -0.25) is 4.90 Å². The number of benzene rings is 1. The molecule has 112 valence electrons. The molecule has 6 heteroatoms. The third-order valence-electron chi connectivity index (χ3n) is 3.37. The number of ether oxygens (including phenoxy) is 1. The second-order valence-electron chi connectivity index (χ2n) is 4.84. The van der Waals surface area contributed by atoms with Gasteiger partial charge in [0.1, 0.15) is 11.6 Å². The van der Waals surface area contributed by atoms with Crippen LogP contribution in [0.2, 0.25) is 0 Å². The summed E-state index contributed by atoms with van der Waals surface area (Å²) < 4.78 is 31.5. The molecule has 20 heavy (non-hydrogen) atoms. The Labute approximate surface area is 117 Å². The Balaban J connectivity index is 1.70. The molecule has 0 saturated carbocycles. The van der Waals surface area contributed by atoms with E-state index in [1.165, 1.54) is 6.07 Å². The van der Waals surface area contributed by atoms with Gasteiger partial charge in [0.05, 0.1) is 19.3 Å². The molecule has 1 atom stereocenters. The molecule has 4 nitrogen and oxygen atoms in total.